The highest BCUT2D eigenvalue weighted by Gasteiger charge is 2.43. The largest absolute Gasteiger partial charge is 0.396 e. The summed E-state index contributed by atoms with van der Waals surface area (Å²) in [6.45, 7) is 4.62. The van der Waals surface area contributed by atoms with Crippen molar-refractivity contribution < 1.29 is 14.6 Å². The maximum Gasteiger partial charge on any atom is 0.228 e. The number of likely N-dealkylation sites (tertiary alicyclic amines) is 1. The first kappa shape index (κ1) is 16.8. The lowest BCUT2D eigenvalue weighted by Crippen LogP contribution is -2.51. The number of piperidine rings is 1. The van der Waals surface area contributed by atoms with Gasteiger partial charge in [-0.15, -0.1) is 0 Å². The number of carbonyl (C=O) groups is 1. The van der Waals surface area contributed by atoms with Crippen molar-refractivity contribution >= 4 is 5.91 Å². The second-order valence-electron chi connectivity index (χ2n) is 7.35. The van der Waals surface area contributed by atoms with E-state index in [-0.39, 0.29) is 17.4 Å². The van der Waals surface area contributed by atoms with Crippen LogP contribution in [0.15, 0.2) is 0 Å². The van der Waals surface area contributed by atoms with Crippen molar-refractivity contribution in [3.63, 3.8) is 0 Å². The van der Waals surface area contributed by atoms with E-state index in [0.29, 0.717) is 5.91 Å². The van der Waals surface area contributed by atoms with E-state index in [0.717, 1.165) is 58.2 Å². The van der Waals surface area contributed by atoms with Crippen molar-refractivity contribution in [2.24, 2.45) is 10.8 Å². The molecular formula is C17H31NO3. The number of amides is 1. The van der Waals surface area contributed by atoms with Gasteiger partial charge in [0.15, 0.2) is 0 Å². The number of ether oxygens (including phenoxy) is 1. The predicted octanol–water partition coefficient (Wildman–Crippen LogP) is 2.59. The minimum atomic E-state index is -0.148. The Kier molecular flexibility index (Phi) is 5.67. The van der Waals surface area contributed by atoms with E-state index in [2.05, 4.69) is 6.92 Å². The van der Waals surface area contributed by atoms with Gasteiger partial charge in [0.05, 0.1) is 6.61 Å². The minimum absolute atomic E-state index is 0.110. The highest BCUT2D eigenvalue weighted by Crippen LogP contribution is 2.42. The van der Waals surface area contributed by atoms with Crippen LogP contribution < -0.4 is 0 Å². The molecule has 1 aliphatic heterocycles. The first-order valence-electron chi connectivity index (χ1n) is 8.44. The van der Waals surface area contributed by atoms with E-state index in [1.54, 1.807) is 7.11 Å². The van der Waals surface area contributed by atoms with Gasteiger partial charge in [-0.2, -0.15) is 0 Å². The van der Waals surface area contributed by atoms with Gasteiger partial charge in [-0.3, -0.25) is 4.79 Å². The Labute approximate surface area is 128 Å². The fourth-order valence-electron chi connectivity index (χ4n) is 4.14. The van der Waals surface area contributed by atoms with E-state index in [9.17, 15) is 9.90 Å². The summed E-state index contributed by atoms with van der Waals surface area (Å²) in [7, 11) is 1.71. The molecular weight excluding hydrogens is 266 g/mol. The molecule has 1 saturated heterocycles. The fraction of sp³-hybridized carbons (Fsp3) is 0.941. The average molecular weight is 297 g/mol. The summed E-state index contributed by atoms with van der Waals surface area (Å²) in [5.74, 6) is 0.323. The van der Waals surface area contributed by atoms with Gasteiger partial charge < -0.3 is 14.7 Å². The Hall–Kier alpha value is -0.610. The lowest BCUT2D eigenvalue weighted by atomic mass is 9.76. The Morgan fingerprint density at radius 3 is 2.57 bits per heavy atom. The molecule has 0 bridgehead atoms. The van der Waals surface area contributed by atoms with Crippen molar-refractivity contribution in [2.75, 3.05) is 33.4 Å². The normalized spacial score (nSPS) is 28.8. The number of hydrogen-bond donors (Lipinski definition) is 1. The molecule has 21 heavy (non-hydrogen) atoms. The highest BCUT2D eigenvalue weighted by molar-refractivity contribution is 5.82. The maximum absolute atomic E-state index is 12.9. The van der Waals surface area contributed by atoms with Crippen LogP contribution in [0.25, 0.3) is 0 Å². The van der Waals surface area contributed by atoms with Crippen LogP contribution in [0.1, 0.15) is 58.3 Å². The number of aliphatic hydroxyl groups excluding tert-OH is 1. The van der Waals surface area contributed by atoms with E-state index in [1.807, 2.05) is 4.90 Å². The van der Waals surface area contributed by atoms with Crippen molar-refractivity contribution in [3.8, 4) is 0 Å². The Morgan fingerprint density at radius 1 is 1.24 bits per heavy atom. The summed E-state index contributed by atoms with van der Waals surface area (Å²) in [6, 6.07) is 0. The molecule has 1 N–H and O–H groups in total. The Bertz CT molecular complexity index is 352. The third-order valence-electron chi connectivity index (χ3n) is 5.56. The molecule has 0 unspecified atom stereocenters. The topological polar surface area (TPSA) is 49.8 Å². The van der Waals surface area contributed by atoms with Crippen molar-refractivity contribution in [2.45, 2.75) is 58.3 Å². The van der Waals surface area contributed by atoms with Gasteiger partial charge in [0.25, 0.3) is 0 Å². The summed E-state index contributed by atoms with van der Waals surface area (Å²) in [5, 5.41) is 9.89. The number of nitrogens with zero attached hydrogens (tertiary/aromatic N) is 1. The highest BCUT2D eigenvalue weighted by atomic mass is 16.5. The molecule has 0 spiro atoms. The first-order valence-corrected chi connectivity index (χ1v) is 8.44. The summed E-state index contributed by atoms with van der Waals surface area (Å²) < 4.78 is 5.13. The minimum Gasteiger partial charge on any atom is -0.396 e. The molecule has 122 valence electrons. The lowest BCUT2D eigenvalue weighted by molar-refractivity contribution is -0.145. The first-order chi connectivity index (χ1) is 10.1. The molecule has 0 aromatic rings. The van der Waals surface area contributed by atoms with Crippen LogP contribution in [0.5, 0.6) is 0 Å². The summed E-state index contributed by atoms with van der Waals surface area (Å²) in [5.41, 5.74) is -0.257. The van der Waals surface area contributed by atoms with Crippen LogP contribution in [0.4, 0.5) is 0 Å². The van der Waals surface area contributed by atoms with Gasteiger partial charge in [0.2, 0.25) is 5.91 Å². The number of aliphatic hydroxyl groups is 1. The molecule has 1 aliphatic carbocycles. The van der Waals surface area contributed by atoms with Gasteiger partial charge in [0, 0.05) is 37.6 Å². The third kappa shape index (κ3) is 3.78. The standard InChI is InChI=1S/C17H31NO3/c1-16(7-3-4-8-16)15(20)18-11-5-9-17(13-18,14-19)10-6-12-21-2/h19H,3-14H2,1-2H3/t17-/m0/s1. The van der Waals surface area contributed by atoms with Crippen LogP contribution in [0.3, 0.4) is 0 Å². The zero-order valence-electron chi connectivity index (χ0n) is 13.7. The Morgan fingerprint density at radius 2 is 1.95 bits per heavy atom. The molecule has 0 radical (unpaired) electrons. The molecule has 1 atom stereocenters. The van der Waals surface area contributed by atoms with Gasteiger partial charge >= 0.3 is 0 Å². The van der Waals surface area contributed by atoms with E-state index in [1.165, 1.54) is 12.8 Å². The second kappa shape index (κ2) is 7.10. The SMILES string of the molecule is COCCC[C@@]1(CO)CCCN(C(=O)C2(C)CCCC2)C1. The fourth-order valence-corrected chi connectivity index (χ4v) is 4.14. The van der Waals surface area contributed by atoms with Crippen molar-refractivity contribution in [1.82, 2.24) is 4.90 Å². The predicted molar refractivity (Wildman–Crippen MR) is 83.0 cm³/mol. The van der Waals surface area contributed by atoms with Gasteiger partial charge in [-0.1, -0.05) is 19.8 Å². The molecule has 1 saturated carbocycles. The van der Waals surface area contributed by atoms with Gasteiger partial charge in [0.1, 0.15) is 0 Å². The van der Waals surface area contributed by atoms with Crippen LogP contribution in [0, 0.1) is 10.8 Å². The third-order valence-corrected chi connectivity index (χ3v) is 5.56. The molecule has 2 rings (SSSR count). The quantitative estimate of drug-likeness (QED) is 0.767. The molecule has 4 heteroatoms. The van der Waals surface area contributed by atoms with Crippen LogP contribution >= 0.6 is 0 Å². The van der Waals surface area contributed by atoms with Gasteiger partial charge in [-0.05, 0) is 38.5 Å². The smallest absolute Gasteiger partial charge is 0.228 e. The van der Waals surface area contributed by atoms with E-state index >= 15 is 0 Å². The summed E-state index contributed by atoms with van der Waals surface area (Å²) in [4.78, 5) is 14.9. The number of methoxy groups -OCH3 is 1. The molecule has 0 aromatic carbocycles. The van der Waals surface area contributed by atoms with Crippen molar-refractivity contribution in [1.29, 1.82) is 0 Å². The Balaban J connectivity index is 1.99. The van der Waals surface area contributed by atoms with Crippen LogP contribution in [-0.2, 0) is 9.53 Å². The molecule has 2 aliphatic rings. The molecule has 2 fully saturated rings. The van der Waals surface area contributed by atoms with Crippen molar-refractivity contribution in [3.05, 3.63) is 0 Å². The average Bonchev–Trinajstić information content (AvgIpc) is 2.95. The monoisotopic (exact) mass is 297 g/mol. The number of rotatable bonds is 6. The lowest BCUT2D eigenvalue weighted by Gasteiger charge is -2.44. The van der Waals surface area contributed by atoms with Crippen LogP contribution in [0.2, 0.25) is 0 Å². The molecule has 1 heterocycles. The van der Waals surface area contributed by atoms with Crippen LogP contribution in [-0.4, -0.2) is 49.3 Å². The van der Waals surface area contributed by atoms with E-state index in [4.69, 9.17) is 4.74 Å². The number of carbonyl (C=O) groups excluding carboxylic acids is 1. The molecule has 0 aromatic heterocycles. The second-order valence-corrected chi connectivity index (χ2v) is 7.35. The maximum atomic E-state index is 12.9. The summed E-state index contributed by atoms with van der Waals surface area (Å²) >= 11 is 0. The van der Waals surface area contributed by atoms with Gasteiger partial charge in [-0.25, -0.2) is 0 Å². The molecule has 4 nitrogen and oxygen atoms in total. The number of hydrogen-bond acceptors (Lipinski definition) is 3. The zero-order valence-corrected chi connectivity index (χ0v) is 13.7. The summed E-state index contributed by atoms with van der Waals surface area (Å²) in [6.07, 6.45) is 8.33. The van der Waals surface area contributed by atoms with E-state index < -0.39 is 0 Å². The molecule has 1 amide bonds. The zero-order chi connectivity index (χ0) is 15.3.